The first-order chi connectivity index (χ1) is 10.0. The van der Waals surface area contributed by atoms with Gasteiger partial charge in [-0.1, -0.05) is 12.1 Å². The average molecular weight is 295 g/mol. The van der Waals surface area contributed by atoms with Crippen LogP contribution in [0, 0.1) is 5.82 Å². The second-order valence-corrected chi connectivity index (χ2v) is 5.64. The van der Waals surface area contributed by atoms with Crippen LogP contribution in [0.4, 0.5) is 4.39 Å². The van der Waals surface area contributed by atoms with Crippen molar-refractivity contribution in [3.63, 3.8) is 0 Å². The van der Waals surface area contributed by atoms with Crippen molar-refractivity contribution in [2.24, 2.45) is 0 Å². The number of β-amino-alcohol motifs (C(OH)–C–C–N with tert-alkyl or cyclic N) is 1. The Morgan fingerprint density at radius 2 is 2.33 bits per heavy atom. The molecule has 1 heterocycles. The summed E-state index contributed by atoms with van der Waals surface area (Å²) < 4.78 is 18.0. The van der Waals surface area contributed by atoms with Crippen molar-refractivity contribution in [3.05, 3.63) is 35.6 Å². The van der Waals surface area contributed by atoms with Crippen LogP contribution in [0.1, 0.15) is 25.3 Å². The van der Waals surface area contributed by atoms with Gasteiger partial charge in [0, 0.05) is 19.0 Å². The maximum atomic E-state index is 13.2. The highest BCUT2D eigenvalue weighted by Crippen LogP contribution is 2.24. The Morgan fingerprint density at radius 1 is 1.57 bits per heavy atom. The highest BCUT2D eigenvalue weighted by Gasteiger charge is 2.38. The van der Waals surface area contributed by atoms with Gasteiger partial charge in [-0.2, -0.15) is 0 Å². The Hall–Kier alpha value is -1.46. The molecule has 2 rings (SSSR count). The van der Waals surface area contributed by atoms with Crippen LogP contribution in [0.15, 0.2) is 24.3 Å². The molecule has 116 valence electrons. The molecule has 1 fully saturated rings. The number of hydrogen-bond acceptors (Lipinski definition) is 4. The largest absolute Gasteiger partial charge is 0.468 e. The van der Waals surface area contributed by atoms with E-state index >= 15 is 0 Å². The second kappa shape index (κ2) is 7.00. The van der Waals surface area contributed by atoms with Gasteiger partial charge in [0.2, 0.25) is 0 Å². The first-order valence-corrected chi connectivity index (χ1v) is 7.27. The number of carbonyl (C=O) groups excluding carboxylic acids is 1. The predicted octanol–water partition coefficient (Wildman–Crippen LogP) is 1.75. The van der Waals surface area contributed by atoms with Gasteiger partial charge in [0.15, 0.2) is 0 Å². The van der Waals surface area contributed by atoms with E-state index in [0.29, 0.717) is 13.0 Å². The number of benzene rings is 1. The van der Waals surface area contributed by atoms with Gasteiger partial charge in [0.05, 0.1) is 13.2 Å². The Kier molecular flexibility index (Phi) is 5.31. The van der Waals surface area contributed by atoms with Crippen molar-refractivity contribution in [1.82, 2.24) is 4.90 Å². The summed E-state index contributed by atoms with van der Waals surface area (Å²) in [4.78, 5) is 13.8. The lowest BCUT2D eigenvalue weighted by atomic mass is 10.0. The molecule has 0 saturated carbocycles. The number of nitrogens with zero attached hydrogens (tertiary/aromatic N) is 1. The number of carbonyl (C=O) groups is 1. The van der Waals surface area contributed by atoms with Crippen LogP contribution in [0.2, 0.25) is 0 Å². The normalized spacial score (nSPS) is 24.0. The Morgan fingerprint density at radius 3 is 3.00 bits per heavy atom. The lowest BCUT2D eigenvalue weighted by molar-refractivity contribution is -0.146. The van der Waals surface area contributed by atoms with Crippen molar-refractivity contribution in [3.8, 4) is 0 Å². The molecule has 0 aliphatic carbocycles. The van der Waals surface area contributed by atoms with Crippen molar-refractivity contribution >= 4 is 5.97 Å². The van der Waals surface area contributed by atoms with E-state index in [4.69, 9.17) is 4.74 Å². The zero-order valence-corrected chi connectivity index (χ0v) is 12.5. The number of ether oxygens (including phenoxy) is 1. The molecule has 1 aromatic rings. The Labute approximate surface area is 124 Å². The molecule has 0 amide bonds. The molecule has 4 nitrogen and oxygen atoms in total. The molecule has 0 unspecified atom stereocenters. The lowest BCUT2D eigenvalue weighted by Gasteiger charge is -2.28. The zero-order valence-electron chi connectivity index (χ0n) is 12.5. The Balaban J connectivity index is 1.95. The Bertz CT molecular complexity index is 494. The number of halogens is 1. The van der Waals surface area contributed by atoms with Crippen LogP contribution in [-0.4, -0.2) is 47.8 Å². The molecule has 0 aromatic heterocycles. The number of hydrogen-bond donors (Lipinski definition) is 1. The van der Waals surface area contributed by atoms with Gasteiger partial charge < -0.3 is 9.84 Å². The third-order valence-electron chi connectivity index (χ3n) is 4.10. The minimum Gasteiger partial charge on any atom is -0.468 e. The fourth-order valence-corrected chi connectivity index (χ4v) is 2.93. The summed E-state index contributed by atoms with van der Waals surface area (Å²) in [5, 5.41) is 9.79. The minimum absolute atomic E-state index is 0.120. The summed E-state index contributed by atoms with van der Waals surface area (Å²) in [7, 11) is 1.36. The topological polar surface area (TPSA) is 49.8 Å². The number of likely N-dealkylation sites (tertiary alicyclic amines) is 1. The van der Waals surface area contributed by atoms with Gasteiger partial charge in [-0.25, -0.2) is 4.39 Å². The van der Waals surface area contributed by atoms with Gasteiger partial charge in [-0.3, -0.25) is 9.69 Å². The highest BCUT2D eigenvalue weighted by atomic mass is 19.1. The molecule has 0 radical (unpaired) electrons. The molecule has 1 aliphatic rings. The number of aliphatic hydroxyl groups excluding tert-OH is 1. The van der Waals surface area contributed by atoms with E-state index in [0.717, 1.165) is 18.4 Å². The van der Waals surface area contributed by atoms with Crippen molar-refractivity contribution in [2.75, 3.05) is 13.7 Å². The molecule has 1 N–H and O–H groups in total. The van der Waals surface area contributed by atoms with Crippen molar-refractivity contribution < 1.29 is 19.0 Å². The van der Waals surface area contributed by atoms with Crippen molar-refractivity contribution in [1.29, 1.82) is 0 Å². The van der Waals surface area contributed by atoms with E-state index in [2.05, 4.69) is 0 Å². The number of aliphatic hydroxyl groups is 1. The molecule has 5 heteroatoms. The SMILES string of the molecule is COC(=O)[C@@H]1C[C@@H](O)CN1[C@@H](C)CCc1cccc(F)c1. The number of esters is 1. The summed E-state index contributed by atoms with van der Waals surface area (Å²) in [5.74, 6) is -0.534. The van der Waals surface area contributed by atoms with E-state index in [9.17, 15) is 14.3 Å². The molecule has 1 aromatic carbocycles. The van der Waals surface area contributed by atoms with Crippen LogP contribution in [0.25, 0.3) is 0 Å². The molecule has 21 heavy (non-hydrogen) atoms. The monoisotopic (exact) mass is 295 g/mol. The maximum absolute atomic E-state index is 13.2. The molecular weight excluding hydrogens is 273 g/mol. The quantitative estimate of drug-likeness (QED) is 0.841. The minimum atomic E-state index is -0.495. The third kappa shape index (κ3) is 4.02. The van der Waals surface area contributed by atoms with E-state index in [1.807, 2.05) is 17.9 Å². The van der Waals surface area contributed by atoms with E-state index in [1.165, 1.54) is 19.2 Å². The molecule has 1 aliphatic heterocycles. The zero-order chi connectivity index (χ0) is 15.4. The van der Waals surface area contributed by atoms with Crippen LogP contribution in [-0.2, 0) is 16.0 Å². The van der Waals surface area contributed by atoms with E-state index in [-0.39, 0.29) is 23.9 Å². The number of aryl methyl sites for hydroxylation is 1. The standard InChI is InChI=1S/C16H22FNO3/c1-11(6-7-12-4-3-5-13(17)8-12)18-10-14(19)9-15(18)16(20)21-2/h3-5,8,11,14-15,19H,6-7,9-10H2,1-2H3/t11-,14+,15-/m0/s1. The fraction of sp³-hybridized carbons (Fsp3) is 0.562. The summed E-state index contributed by atoms with van der Waals surface area (Å²) in [6, 6.07) is 6.29. The molecule has 3 atom stereocenters. The summed E-state index contributed by atoms with van der Waals surface area (Å²) in [6.07, 6.45) is 1.45. The summed E-state index contributed by atoms with van der Waals surface area (Å²) in [6.45, 7) is 2.50. The lowest BCUT2D eigenvalue weighted by Crippen LogP contribution is -2.42. The molecule has 0 spiro atoms. The average Bonchev–Trinajstić information content (AvgIpc) is 2.86. The van der Waals surface area contributed by atoms with Crippen LogP contribution >= 0.6 is 0 Å². The van der Waals surface area contributed by atoms with Crippen molar-refractivity contribution in [2.45, 2.75) is 44.4 Å². The second-order valence-electron chi connectivity index (χ2n) is 5.64. The van der Waals surface area contributed by atoms with E-state index in [1.54, 1.807) is 6.07 Å². The number of rotatable bonds is 5. The highest BCUT2D eigenvalue weighted by molar-refractivity contribution is 5.76. The molecule has 0 bridgehead atoms. The first kappa shape index (κ1) is 15.9. The van der Waals surface area contributed by atoms with Gasteiger partial charge >= 0.3 is 5.97 Å². The van der Waals surface area contributed by atoms with Gasteiger partial charge in [0.1, 0.15) is 11.9 Å². The van der Waals surface area contributed by atoms with E-state index < -0.39 is 6.10 Å². The summed E-state index contributed by atoms with van der Waals surface area (Å²) >= 11 is 0. The smallest absolute Gasteiger partial charge is 0.323 e. The fourth-order valence-electron chi connectivity index (χ4n) is 2.93. The van der Waals surface area contributed by atoms with Crippen LogP contribution < -0.4 is 0 Å². The van der Waals surface area contributed by atoms with Gasteiger partial charge in [-0.05, 0) is 37.5 Å². The maximum Gasteiger partial charge on any atom is 0.323 e. The molecule has 1 saturated heterocycles. The van der Waals surface area contributed by atoms with Crippen LogP contribution in [0.5, 0.6) is 0 Å². The molecular formula is C16H22FNO3. The first-order valence-electron chi connectivity index (χ1n) is 7.27. The third-order valence-corrected chi connectivity index (χ3v) is 4.10. The summed E-state index contributed by atoms with van der Waals surface area (Å²) in [5.41, 5.74) is 0.941. The van der Waals surface area contributed by atoms with Crippen LogP contribution in [0.3, 0.4) is 0 Å². The van der Waals surface area contributed by atoms with Gasteiger partial charge in [-0.15, -0.1) is 0 Å². The van der Waals surface area contributed by atoms with Gasteiger partial charge in [0.25, 0.3) is 0 Å². The predicted molar refractivity (Wildman–Crippen MR) is 77.3 cm³/mol. The number of methoxy groups -OCH3 is 1.